The molecular weight excluding hydrogens is 804 g/mol. The number of carbonyl (C=O) groups excluding carboxylic acids is 1. The van der Waals surface area contributed by atoms with Crippen molar-refractivity contribution in [1.82, 2.24) is 14.5 Å². The molecule has 1 fully saturated rings. The second-order valence-corrected chi connectivity index (χ2v) is 18.5. The summed E-state index contributed by atoms with van der Waals surface area (Å²) in [6.45, 7) is 10.1. The Labute approximate surface area is 357 Å². The lowest BCUT2D eigenvalue weighted by Gasteiger charge is -2.36. The van der Waals surface area contributed by atoms with E-state index < -0.39 is 20.9 Å². The maximum atomic E-state index is 13.4. The number of nitrogens with zero attached hydrogens (tertiary/aromatic N) is 4. The molecule has 0 saturated carbocycles. The SMILES string of the molecule is CC(C)CN(C)CC[C@H](CSc1ccccc1)Nc1ccc(S(=O)(=O)NC(=O)c2ccc(N3CCN(Cc4ccccc4-c4ccc(Cl)cc4)CC3)cc2)cc1[N+](=O)[O-]. The van der Waals surface area contributed by atoms with Gasteiger partial charge in [0.25, 0.3) is 21.6 Å². The molecule has 2 N–H and O–H groups in total. The molecule has 0 aromatic heterocycles. The molecule has 0 spiro atoms. The number of hydrogen-bond donors (Lipinski definition) is 2. The molecule has 6 rings (SSSR count). The van der Waals surface area contributed by atoms with Crippen molar-refractivity contribution in [2.24, 2.45) is 5.92 Å². The van der Waals surface area contributed by atoms with Crippen molar-refractivity contribution in [2.75, 3.05) is 62.3 Å². The van der Waals surface area contributed by atoms with E-state index in [0.717, 1.165) is 68.0 Å². The minimum atomic E-state index is -4.44. The van der Waals surface area contributed by atoms with Crippen molar-refractivity contribution in [2.45, 2.75) is 42.6 Å². The molecule has 0 radical (unpaired) electrons. The van der Waals surface area contributed by atoms with Gasteiger partial charge in [0.05, 0.1) is 9.82 Å². The minimum absolute atomic E-state index is 0.147. The van der Waals surface area contributed by atoms with Gasteiger partial charge >= 0.3 is 0 Å². The van der Waals surface area contributed by atoms with E-state index in [1.54, 1.807) is 23.9 Å². The number of benzene rings is 5. The van der Waals surface area contributed by atoms with Gasteiger partial charge in [-0.25, -0.2) is 13.1 Å². The number of nitro groups is 1. The normalized spacial score (nSPS) is 14.0. The second-order valence-electron chi connectivity index (χ2n) is 15.3. The van der Waals surface area contributed by atoms with Crippen molar-refractivity contribution < 1.29 is 18.1 Å². The summed E-state index contributed by atoms with van der Waals surface area (Å²) < 4.78 is 29.0. The fraction of sp³-hybridized carbons (Fsp3) is 0.311. The number of anilines is 2. The van der Waals surface area contributed by atoms with Crippen molar-refractivity contribution in [1.29, 1.82) is 0 Å². The zero-order chi connectivity index (χ0) is 41.9. The van der Waals surface area contributed by atoms with Gasteiger partial charge in [0, 0.05) is 78.3 Å². The summed E-state index contributed by atoms with van der Waals surface area (Å²) in [5.74, 6) is 0.312. The van der Waals surface area contributed by atoms with E-state index in [1.807, 2.05) is 72.8 Å². The van der Waals surface area contributed by atoms with E-state index >= 15 is 0 Å². The van der Waals surface area contributed by atoms with Gasteiger partial charge in [-0.05, 0) is 103 Å². The van der Waals surface area contributed by atoms with Gasteiger partial charge < -0.3 is 15.1 Å². The maximum Gasteiger partial charge on any atom is 0.293 e. The van der Waals surface area contributed by atoms with E-state index in [9.17, 15) is 23.3 Å². The highest BCUT2D eigenvalue weighted by Crippen LogP contribution is 2.31. The minimum Gasteiger partial charge on any atom is -0.376 e. The summed E-state index contributed by atoms with van der Waals surface area (Å²) in [5, 5.41) is 16.3. The van der Waals surface area contributed by atoms with Crippen LogP contribution in [0.1, 0.15) is 36.2 Å². The number of carbonyl (C=O) groups is 1. The third-order valence-electron chi connectivity index (χ3n) is 10.2. The number of sulfonamides is 1. The summed E-state index contributed by atoms with van der Waals surface area (Å²) in [6, 6.07) is 36.6. The Morgan fingerprint density at radius 3 is 2.25 bits per heavy atom. The zero-order valence-electron chi connectivity index (χ0n) is 33.6. The largest absolute Gasteiger partial charge is 0.376 e. The number of rotatable bonds is 18. The number of hydrogen-bond acceptors (Lipinski definition) is 10. The van der Waals surface area contributed by atoms with Gasteiger partial charge in [0.15, 0.2) is 0 Å². The van der Waals surface area contributed by atoms with Crippen molar-refractivity contribution in [3.05, 3.63) is 148 Å². The van der Waals surface area contributed by atoms with Crippen LogP contribution < -0.4 is 14.9 Å². The second kappa shape index (κ2) is 20.4. The molecule has 1 atom stereocenters. The molecule has 1 saturated heterocycles. The molecule has 1 aliphatic rings. The van der Waals surface area contributed by atoms with E-state index in [2.05, 4.69) is 63.8 Å². The smallest absolute Gasteiger partial charge is 0.293 e. The number of piperazine rings is 1. The zero-order valence-corrected chi connectivity index (χ0v) is 36.0. The first-order valence-electron chi connectivity index (χ1n) is 19.7. The van der Waals surface area contributed by atoms with Crippen LogP contribution in [0.15, 0.2) is 131 Å². The van der Waals surface area contributed by atoms with Crippen LogP contribution in [0, 0.1) is 16.0 Å². The molecule has 0 unspecified atom stereocenters. The highest BCUT2D eigenvalue weighted by molar-refractivity contribution is 7.99. The maximum absolute atomic E-state index is 13.4. The number of nitro benzene ring substituents is 1. The Hall–Kier alpha value is -4.92. The summed E-state index contributed by atoms with van der Waals surface area (Å²) in [5.41, 5.74) is 4.46. The Morgan fingerprint density at radius 1 is 0.898 bits per heavy atom. The molecule has 59 heavy (non-hydrogen) atoms. The Balaban J connectivity index is 1.06. The standard InChI is InChI=1S/C45H51ClN6O5S2/c1-33(2)30-49(3)24-23-38(32-58-40-10-5-4-6-11-40)47-43-22-21-41(29-44(43)52(54)55)59(56,57)48-45(53)35-15-19-39(20-16-35)51-27-25-50(26-28-51)31-36-9-7-8-12-42(36)34-13-17-37(46)18-14-34/h4-22,29,33,38,47H,23-28,30-32H2,1-3H3,(H,48,53)/t38-/m1/s1. The highest BCUT2D eigenvalue weighted by atomic mass is 35.5. The van der Waals surface area contributed by atoms with Gasteiger partial charge in [-0.3, -0.25) is 19.8 Å². The van der Waals surface area contributed by atoms with Crippen LogP contribution in [0.3, 0.4) is 0 Å². The van der Waals surface area contributed by atoms with Gasteiger partial charge in [-0.15, -0.1) is 11.8 Å². The summed E-state index contributed by atoms with van der Waals surface area (Å²) in [6.07, 6.45) is 0.714. The quantitative estimate of drug-likeness (QED) is 0.0501. The van der Waals surface area contributed by atoms with Crippen LogP contribution in [0.5, 0.6) is 0 Å². The van der Waals surface area contributed by atoms with E-state index in [0.29, 0.717) is 23.1 Å². The molecule has 1 heterocycles. The molecule has 11 nitrogen and oxygen atoms in total. The van der Waals surface area contributed by atoms with Crippen LogP contribution in [0.4, 0.5) is 17.1 Å². The van der Waals surface area contributed by atoms with Crippen LogP contribution >= 0.6 is 23.4 Å². The first-order chi connectivity index (χ1) is 28.3. The average Bonchev–Trinajstić information content (AvgIpc) is 3.22. The number of nitrogens with one attached hydrogen (secondary N) is 2. The van der Waals surface area contributed by atoms with Crippen LogP contribution in [0.2, 0.25) is 5.02 Å². The molecule has 5 aromatic carbocycles. The molecule has 5 aromatic rings. The average molecular weight is 856 g/mol. The Morgan fingerprint density at radius 2 is 1.58 bits per heavy atom. The fourth-order valence-corrected chi connectivity index (χ4v) is 9.32. The van der Waals surface area contributed by atoms with Crippen molar-refractivity contribution in [3.63, 3.8) is 0 Å². The third-order valence-corrected chi connectivity index (χ3v) is 13.0. The molecular formula is C45H51ClN6O5S2. The summed E-state index contributed by atoms with van der Waals surface area (Å²) in [7, 11) is -2.38. The third kappa shape index (κ3) is 12.3. The fourth-order valence-electron chi connectivity index (χ4n) is 7.21. The lowest BCUT2D eigenvalue weighted by molar-refractivity contribution is -0.384. The predicted octanol–water partition coefficient (Wildman–Crippen LogP) is 8.91. The van der Waals surface area contributed by atoms with E-state index in [-0.39, 0.29) is 27.9 Å². The van der Waals surface area contributed by atoms with Crippen LogP contribution in [0.25, 0.3) is 11.1 Å². The van der Waals surface area contributed by atoms with Gasteiger partial charge in [0.2, 0.25) is 0 Å². The van der Waals surface area contributed by atoms with E-state index in [1.165, 1.54) is 23.3 Å². The number of halogens is 1. The van der Waals surface area contributed by atoms with Crippen molar-refractivity contribution in [3.8, 4) is 11.1 Å². The molecule has 1 aliphatic heterocycles. The molecule has 1 amide bonds. The van der Waals surface area contributed by atoms with Crippen LogP contribution in [-0.2, 0) is 16.6 Å². The molecule has 14 heteroatoms. The lowest BCUT2D eigenvalue weighted by atomic mass is 9.99. The van der Waals surface area contributed by atoms with E-state index in [4.69, 9.17) is 11.6 Å². The van der Waals surface area contributed by atoms with Gasteiger partial charge in [0.1, 0.15) is 5.69 Å². The first kappa shape index (κ1) is 43.7. The monoisotopic (exact) mass is 854 g/mol. The number of amides is 1. The number of thioether (sulfide) groups is 1. The lowest BCUT2D eigenvalue weighted by Crippen LogP contribution is -2.46. The predicted molar refractivity (Wildman–Crippen MR) is 240 cm³/mol. The summed E-state index contributed by atoms with van der Waals surface area (Å²) in [4.78, 5) is 32.5. The first-order valence-corrected chi connectivity index (χ1v) is 22.6. The Bertz CT molecular complexity index is 2290. The molecule has 0 aliphatic carbocycles. The van der Waals surface area contributed by atoms with Crippen LogP contribution in [-0.4, -0.2) is 87.2 Å². The summed E-state index contributed by atoms with van der Waals surface area (Å²) >= 11 is 7.77. The topological polar surface area (TPSA) is 128 Å². The van der Waals surface area contributed by atoms with Gasteiger partial charge in [-0.1, -0.05) is 80.0 Å². The molecule has 310 valence electrons. The highest BCUT2D eigenvalue weighted by Gasteiger charge is 2.26. The Kier molecular flexibility index (Phi) is 15.1. The van der Waals surface area contributed by atoms with Crippen molar-refractivity contribution >= 4 is 56.4 Å². The van der Waals surface area contributed by atoms with Gasteiger partial charge in [-0.2, -0.15) is 0 Å². The molecule has 0 bridgehead atoms.